The molecule has 1 aliphatic heterocycles. The Bertz CT molecular complexity index is 877. The second-order valence-electron chi connectivity index (χ2n) is 7.44. The van der Waals surface area contributed by atoms with Crippen molar-refractivity contribution in [3.05, 3.63) is 65.7 Å². The van der Waals surface area contributed by atoms with E-state index in [4.69, 9.17) is 0 Å². The molecule has 0 unspecified atom stereocenters. The first-order valence-electron chi connectivity index (χ1n) is 10.1. The third-order valence-corrected chi connectivity index (χ3v) is 6.29. The lowest BCUT2D eigenvalue weighted by atomic mass is 9.78. The Morgan fingerprint density at radius 3 is 2.53 bits per heavy atom. The monoisotopic (exact) mass is 427 g/mol. The van der Waals surface area contributed by atoms with E-state index in [9.17, 15) is 14.7 Å². The molecule has 3 N–H and O–H groups in total. The lowest BCUT2D eigenvalue weighted by Crippen LogP contribution is -2.62. The normalized spacial score (nSPS) is 21.2. The van der Waals surface area contributed by atoms with Crippen LogP contribution in [0.4, 0.5) is 5.69 Å². The molecule has 2 aromatic carbocycles. The smallest absolute Gasteiger partial charge is 0.254 e. The van der Waals surface area contributed by atoms with Crippen molar-refractivity contribution in [2.24, 2.45) is 0 Å². The zero-order valence-electron chi connectivity index (χ0n) is 17.4. The van der Waals surface area contributed by atoms with Gasteiger partial charge < -0.3 is 20.6 Å². The quantitative estimate of drug-likeness (QED) is 0.633. The zero-order valence-corrected chi connectivity index (χ0v) is 18.2. The number of para-hydroxylation sites is 1. The molecule has 0 aliphatic carbocycles. The minimum absolute atomic E-state index is 0.0388. The van der Waals surface area contributed by atoms with Crippen molar-refractivity contribution in [3.8, 4) is 0 Å². The van der Waals surface area contributed by atoms with Crippen LogP contribution in [0.2, 0.25) is 0 Å². The number of thioether (sulfide) groups is 1. The van der Waals surface area contributed by atoms with Crippen molar-refractivity contribution < 1.29 is 14.7 Å². The maximum atomic E-state index is 13.2. The van der Waals surface area contributed by atoms with E-state index >= 15 is 0 Å². The standard InChI is InChI=1S/C23H29N3O3S/c1-24-19-11-7-6-10-18(19)22(29)25-23(17-8-4-3-5-9-17)13-14-26(16-20(23)27)21(28)12-15-30-2/h3-11,20,24,27H,12-16H2,1-2H3,(H,25,29)/t20-,23+/m1/s1. The van der Waals surface area contributed by atoms with Gasteiger partial charge in [-0.05, 0) is 30.4 Å². The zero-order chi connectivity index (χ0) is 21.6. The highest BCUT2D eigenvalue weighted by Crippen LogP contribution is 2.34. The topological polar surface area (TPSA) is 81.7 Å². The fourth-order valence-corrected chi connectivity index (χ4v) is 4.35. The number of aliphatic hydroxyl groups excluding tert-OH is 1. The van der Waals surface area contributed by atoms with Gasteiger partial charge in [-0.3, -0.25) is 9.59 Å². The largest absolute Gasteiger partial charge is 0.388 e. The van der Waals surface area contributed by atoms with Gasteiger partial charge in [-0.15, -0.1) is 0 Å². The molecule has 0 radical (unpaired) electrons. The number of rotatable bonds is 7. The van der Waals surface area contributed by atoms with Gasteiger partial charge in [0.15, 0.2) is 0 Å². The van der Waals surface area contributed by atoms with Gasteiger partial charge in [-0.2, -0.15) is 11.8 Å². The number of likely N-dealkylation sites (tertiary alicyclic amines) is 1. The molecule has 1 saturated heterocycles. The summed E-state index contributed by atoms with van der Waals surface area (Å²) in [5.74, 6) is 0.536. The number of nitrogens with zero attached hydrogens (tertiary/aromatic N) is 1. The summed E-state index contributed by atoms with van der Waals surface area (Å²) in [6.07, 6.45) is 1.94. The Kier molecular flexibility index (Phi) is 7.39. The van der Waals surface area contributed by atoms with E-state index < -0.39 is 11.6 Å². The van der Waals surface area contributed by atoms with Gasteiger partial charge in [0.05, 0.1) is 17.2 Å². The molecule has 160 valence electrons. The Morgan fingerprint density at radius 2 is 1.87 bits per heavy atom. The van der Waals surface area contributed by atoms with Crippen LogP contribution in [-0.2, 0) is 10.3 Å². The van der Waals surface area contributed by atoms with Crippen molar-refractivity contribution in [3.63, 3.8) is 0 Å². The molecular formula is C23H29N3O3S. The minimum atomic E-state index is -0.963. The summed E-state index contributed by atoms with van der Waals surface area (Å²) in [6.45, 7) is 0.670. The van der Waals surface area contributed by atoms with E-state index in [0.29, 0.717) is 24.9 Å². The molecular weight excluding hydrogens is 398 g/mol. The summed E-state index contributed by atoms with van der Waals surface area (Å²) in [6, 6.07) is 16.8. The van der Waals surface area contributed by atoms with E-state index in [1.165, 1.54) is 0 Å². The Labute approximate surface area is 182 Å². The SMILES string of the molecule is CNc1ccccc1C(=O)N[C@]1(c2ccccc2)CCN(C(=O)CCSC)C[C@H]1O. The fourth-order valence-electron chi connectivity index (χ4n) is 3.97. The summed E-state index contributed by atoms with van der Waals surface area (Å²) < 4.78 is 0. The first-order chi connectivity index (χ1) is 14.5. The number of hydrogen-bond acceptors (Lipinski definition) is 5. The number of nitrogens with one attached hydrogen (secondary N) is 2. The van der Waals surface area contributed by atoms with Gasteiger partial charge in [0, 0.05) is 38.0 Å². The molecule has 0 spiro atoms. The second kappa shape index (κ2) is 10.00. The molecule has 1 aliphatic rings. The lowest BCUT2D eigenvalue weighted by molar-refractivity contribution is -0.136. The lowest BCUT2D eigenvalue weighted by Gasteiger charge is -2.46. The molecule has 1 heterocycles. The third-order valence-electron chi connectivity index (χ3n) is 5.68. The van der Waals surface area contributed by atoms with E-state index in [0.717, 1.165) is 17.0 Å². The molecule has 2 atom stereocenters. The number of benzene rings is 2. The minimum Gasteiger partial charge on any atom is -0.388 e. The first-order valence-corrected chi connectivity index (χ1v) is 11.5. The van der Waals surface area contributed by atoms with Gasteiger partial charge in [0.25, 0.3) is 5.91 Å². The third kappa shape index (κ3) is 4.63. The molecule has 30 heavy (non-hydrogen) atoms. The molecule has 7 heteroatoms. The molecule has 3 rings (SSSR count). The first kappa shape index (κ1) is 22.2. The molecule has 6 nitrogen and oxygen atoms in total. The fraction of sp³-hybridized carbons (Fsp3) is 0.391. The number of anilines is 1. The summed E-state index contributed by atoms with van der Waals surface area (Å²) >= 11 is 1.63. The Balaban J connectivity index is 1.88. The average molecular weight is 428 g/mol. The predicted molar refractivity (Wildman–Crippen MR) is 122 cm³/mol. The highest BCUT2D eigenvalue weighted by molar-refractivity contribution is 7.98. The molecule has 0 aromatic heterocycles. The summed E-state index contributed by atoms with van der Waals surface area (Å²) in [7, 11) is 1.77. The van der Waals surface area contributed by atoms with Gasteiger partial charge >= 0.3 is 0 Å². The van der Waals surface area contributed by atoms with Gasteiger partial charge in [-0.1, -0.05) is 42.5 Å². The summed E-state index contributed by atoms with van der Waals surface area (Å²) in [5, 5.41) is 17.4. The van der Waals surface area contributed by atoms with E-state index in [2.05, 4.69) is 10.6 Å². The number of carbonyl (C=O) groups excluding carboxylic acids is 2. The Hall–Kier alpha value is -2.51. The van der Waals surface area contributed by atoms with Crippen molar-refractivity contribution >= 4 is 29.3 Å². The van der Waals surface area contributed by atoms with Crippen LogP contribution in [0, 0.1) is 0 Å². The van der Waals surface area contributed by atoms with E-state index in [-0.39, 0.29) is 18.4 Å². The number of aliphatic hydroxyl groups is 1. The van der Waals surface area contributed by atoms with Crippen molar-refractivity contribution in [1.29, 1.82) is 0 Å². The molecule has 0 bridgehead atoms. The van der Waals surface area contributed by atoms with Crippen LogP contribution in [0.1, 0.15) is 28.8 Å². The highest BCUT2D eigenvalue weighted by Gasteiger charge is 2.46. The summed E-state index contributed by atoms with van der Waals surface area (Å²) in [5.41, 5.74) is 1.11. The van der Waals surface area contributed by atoms with Crippen LogP contribution in [0.15, 0.2) is 54.6 Å². The molecule has 0 saturated carbocycles. The number of hydrogen-bond donors (Lipinski definition) is 3. The number of amides is 2. The van der Waals surface area contributed by atoms with Crippen LogP contribution in [0.5, 0.6) is 0 Å². The van der Waals surface area contributed by atoms with E-state index in [1.807, 2.05) is 54.8 Å². The maximum absolute atomic E-state index is 13.2. The number of carbonyl (C=O) groups is 2. The summed E-state index contributed by atoms with van der Waals surface area (Å²) in [4.78, 5) is 27.4. The van der Waals surface area contributed by atoms with Gasteiger partial charge in [-0.25, -0.2) is 0 Å². The van der Waals surface area contributed by atoms with Crippen molar-refractivity contribution in [1.82, 2.24) is 10.2 Å². The van der Waals surface area contributed by atoms with Crippen molar-refractivity contribution in [2.75, 3.05) is 37.5 Å². The number of β-amino-alcohol motifs (C(OH)–C–C–N with tert-alkyl or cyclic N) is 1. The predicted octanol–water partition coefficient (Wildman–Crippen LogP) is 2.70. The van der Waals surface area contributed by atoms with Gasteiger partial charge in [0.2, 0.25) is 5.91 Å². The van der Waals surface area contributed by atoms with Gasteiger partial charge in [0.1, 0.15) is 0 Å². The van der Waals surface area contributed by atoms with Crippen LogP contribution in [0.25, 0.3) is 0 Å². The van der Waals surface area contributed by atoms with E-state index in [1.54, 1.807) is 29.8 Å². The van der Waals surface area contributed by atoms with Crippen LogP contribution in [0.3, 0.4) is 0 Å². The number of piperidine rings is 1. The van der Waals surface area contributed by atoms with Crippen LogP contribution < -0.4 is 10.6 Å². The van der Waals surface area contributed by atoms with Crippen LogP contribution in [-0.4, -0.2) is 60.1 Å². The van der Waals surface area contributed by atoms with Crippen molar-refractivity contribution in [2.45, 2.75) is 24.5 Å². The average Bonchev–Trinajstić information content (AvgIpc) is 2.79. The van der Waals surface area contributed by atoms with Crippen LogP contribution >= 0.6 is 11.8 Å². The molecule has 2 aromatic rings. The second-order valence-corrected chi connectivity index (χ2v) is 8.42. The Morgan fingerprint density at radius 1 is 1.17 bits per heavy atom. The maximum Gasteiger partial charge on any atom is 0.254 e. The molecule has 1 fully saturated rings. The molecule has 2 amide bonds. The highest BCUT2D eigenvalue weighted by atomic mass is 32.2.